The second kappa shape index (κ2) is 11.9. The normalized spacial score (nSPS) is 15.1. The molecule has 3 rings (SSSR count). The molecule has 1 amide bonds. The molecule has 0 atom stereocenters. The Labute approximate surface area is 196 Å². The van der Waals surface area contributed by atoms with Gasteiger partial charge in [0.05, 0.1) is 14.2 Å². The van der Waals surface area contributed by atoms with Gasteiger partial charge in [-0.25, -0.2) is 0 Å². The zero-order valence-corrected chi connectivity index (χ0v) is 20.0. The summed E-state index contributed by atoms with van der Waals surface area (Å²) in [6.45, 7) is 6.60. The van der Waals surface area contributed by atoms with Gasteiger partial charge in [0.1, 0.15) is 11.5 Å². The fraction of sp³-hybridized carbons (Fsp3) is 0.423. The highest BCUT2D eigenvalue weighted by molar-refractivity contribution is 6.30. The number of nitrogens with zero attached hydrogens (tertiary/aromatic N) is 2. The average molecular weight is 457 g/mol. The lowest BCUT2D eigenvalue weighted by Crippen LogP contribution is -2.40. The van der Waals surface area contributed by atoms with Crippen molar-refractivity contribution in [1.29, 1.82) is 0 Å². The maximum absolute atomic E-state index is 13.2. The van der Waals surface area contributed by atoms with E-state index < -0.39 is 0 Å². The number of ether oxygens (including phenoxy) is 2. The lowest BCUT2D eigenvalue weighted by molar-refractivity contribution is -0.126. The molecule has 172 valence electrons. The monoisotopic (exact) mass is 456 g/mol. The minimum absolute atomic E-state index is 0.0322. The summed E-state index contributed by atoms with van der Waals surface area (Å²) in [7, 11) is 3.24. The van der Waals surface area contributed by atoms with E-state index in [1.165, 1.54) is 12.8 Å². The number of hydrogen-bond acceptors (Lipinski definition) is 4. The van der Waals surface area contributed by atoms with Crippen LogP contribution in [0.1, 0.15) is 30.9 Å². The number of hydrogen-bond donors (Lipinski definition) is 0. The Bertz CT molecular complexity index is 906. The Morgan fingerprint density at radius 2 is 1.84 bits per heavy atom. The molecule has 1 aliphatic rings. The Morgan fingerprint density at radius 3 is 2.50 bits per heavy atom. The van der Waals surface area contributed by atoms with Gasteiger partial charge in [-0.2, -0.15) is 0 Å². The van der Waals surface area contributed by atoms with Gasteiger partial charge in [-0.1, -0.05) is 30.7 Å². The van der Waals surface area contributed by atoms with Crippen molar-refractivity contribution in [3.8, 4) is 11.5 Å². The minimum atomic E-state index is -0.0322. The molecule has 1 saturated heterocycles. The van der Waals surface area contributed by atoms with E-state index in [1.807, 2.05) is 47.4 Å². The van der Waals surface area contributed by atoms with Crippen LogP contribution in [-0.4, -0.2) is 56.1 Å². The first-order chi connectivity index (χ1) is 15.5. The van der Waals surface area contributed by atoms with Gasteiger partial charge in [0.2, 0.25) is 5.91 Å². The summed E-state index contributed by atoms with van der Waals surface area (Å²) in [5, 5.41) is 0.694. The highest BCUT2D eigenvalue weighted by atomic mass is 35.5. The molecule has 0 saturated carbocycles. The smallest absolute Gasteiger partial charge is 0.246 e. The molecule has 5 nitrogen and oxygen atoms in total. The van der Waals surface area contributed by atoms with E-state index in [-0.39, 0.29) is 5.91 Å². The van der Waals surface area contributed by atoms with Crippen molar-refractivity contribution in [2.75, 3.05) is 40.4 Å². The summed E-state index contributed by atoms with van der Waals surface area (Å²) in [6.07, 6.45) is 5.86. The molecule has 0 radical (unpaired) electrons. The zero-order chi connectivity index (χ0) is 22.9. The number of rotatable bonds is 9. The maximum Gasteiger partial charge on any atom is 0.246 e. The molecule has 0 aromatic heterocycles. The SMILES string of the molecule is COc1ccc(OC)c(/C=C/C(=O)N(CCN2CCC(C)CC2)Cc2ccc(Cl)cc2)c1. The second-order valence-corrected chi connectivity index (χ2v) is 8.79. The molecule has 1 fully saturated rings. The van der Waals surface area contributed by atoms with Crippen LogP contribution in [0.3, 0.4) is 0 Å². The van der Waals surface area contributed by atoms with Crippen molar-refractivity contribution in [3.05, 3.63) is 64.7 Å². The van der Waals surface area contributed by atoms with Crippen molar-refractivity contribution in [2.24, 2.45) is 5.92 Å². The Morgan fingerprint density at radius 1 is 1.12 bits per heavy atom. The van der Waals surface area contributed by atoms with Gasteiger partial charge in [0.25, 0.3) is 0 Å². The Balaban J connectivity index is 1.73. The maximum atomic E-state index is 13.2. The summed E-state index contributed by atoms with van der Waals surface area (Å²) >= 11 is 6.04. The largest absolute Gasteiger partial charge is 0.497 e. The quantitative estimate of drug-likeness (QED) is 0.490. The van der Waals surface area contributed by atoms with E-state index >= 15 is 0 Å². The summed E-state index contributed by atoms with van der Waals surface area (Å²) in [5.41, 5.74) is 1.86. The highest BCUT2D eigenvalue weighted by Crippen LogP contribution is 2.25. The lowest BCUT2D eigenvalue weighted by Gasteiger charge is -2.32. The molecule has 0 aliphatic carbocycles. The molecule has 1 heterocycles. The first-order valence-corrected chi connectivity index (χ1v) is 11.5. The minimum Gasteiger partial charge on any atom is -0.497 e. The van der Waals surface area contributed by atoms with Crippen molar-refractivity contribution in [2.45, 2.75) is 26.3 Å². The van der Waals surface area contributed by atoms with E-state index in [0.717, 1.165) is 42.4 Å². The first-order valence-electron chi connectivity index (χ1n) is 11.1. The molecule has 0 unspecified atom stereocenters. The van der Waals surface area contributed by atoms with Gasteiger partial charge in [0, 0.05) is 36.3 Å². The molecular weight excluding hydrogens is 424 g/mol. The number of piperidine rings is 1. The van der Waals surface area contributed by atoms with E-state index in [4.69, 9.17) is 21.1 Å². The molecule has 6 heteroatoms. The number of amides is 1. The van der Waals surface area contributed by atoms with Gasteiger partial charge < -0.3 is 19.3 Å². The number of halogens is 1. The standard InChI is InChI=1S/C26H33ClN2O3/c1-20-12-14-28(15-13-20)16-17-29(19-21-4-7-23(27)8-5-21)26(30)11-6-22-18-24(31-2)9-10-25(22)32-3/h4-11,18,20H,12-17,19H2,1-3H3/b11-6+. The summed E-state index contributed by atoms with van der Waals surface area (Å²) in [6, 6.07) is 13.2. The number of benzene rings is 2. The molecule has 2 aromatic carbocycles. The van der Waals surface area contributed by atoms with E-state index in [2.05, 4.69) is 11.8 Å². The molecule has 1 aliphatic heterocycles. The summed E-state index contributed by atoms with van der Waals surface area (Å²) in [5.74, 6) is 2.17. The van der Waals surface area contributed by atoms with Gasteiger partial charge in [-0.15, -0.1) is 0 Å². The third kappa shape index (κ3) is 7.01. The zero-order valence-electron chi connectivity index (χ0n) is 19.2. The van der Waals surface area contributed by atoms with Crippen LogP contribution < -0.4 is 9.47 Å². The lowest BCUT2D eigenvalue weighted by atomic mass is 9.99. The molecular formula is C26H33ClN2O3. The van der Waals surface area contributed by atoms with Crippen LogP contribution in [-0.2, 0) is 11.3 Å². The van der Waals surface area contributed by atoms with Gasteiger partial charge in [-0.3, -0.25) is 4.79 Å². The molecule has 0 spiro atoms. The van der Waals surface area contributed by atoms with Crippen LogP contribution in [0.5, 0.6) is 11.5 Å². The van der Waals surface area contributed by atoms with Crippen molar-refractivity contribution < 1.29 is 14.3 Å². The Hall–Kier alpha value is -2.50. The molecule has 0 bridgehead atoms. The topological polar surface area (TPSA) is 42.0 Å². The van der Waals surface area contributed by atoms with Gasteiger partial charge in [-0.05, 0) is 73.8 Å². The third-order valence-electron chi connectivity index (χ3n) is 6.00. The van der Waals surface area contributed by atoms with E-state index in [9.17, 15) is 4.79 Å². The fourth-order valence-electron chi connectivity index (χ4n) is 3.86. The Kier molecular flexibility index (Phi) is 9.00. The highest BCUT2D eigenvalue weighted by Gasteiger charge is 2.18. The first kappa shape index (κ1) is 24.1. The number of methoxy groups -OCH3 is 2. The average Bonchev–Trinajstić information content (AvgIpc) is 2.82. The number of carbonyl (C=O) groups excluding carboxylic acids is 1. The van der Waals surface area contributed by atoms with Crippen LogP contribution in [0.2, 0.25) is 5.02 Å². The molecule has 32 heavy (non-hydrogen) atoms. The van der Waals surface area contributed by atoms with Crippen molar-refractivity contribution >= 4 is 23.6 Å². The van der Waals surface area contributed by atoms with Crippen molar-refractivity contribution in [3.63, 3.8) is 0 Å². The van der Waals surface area contributed by atoms with Crippen LogP contribution >= 0.6 is 11.6 Å². The van der Waals surface area contributed by atoms with E-state index in [0.29, 0.717) is 23.9 Å². The van der Waals surface area contributed by atoms with Gasteiger partial charge >= 0.3 is 0 Å². The van der Waals surface area contributed by atoms with Crippen LogP contribution in [0.15, 0.2) is 48.5 Å². The van der Waals surface area contributed by atoms with Crippen LogP contribution in [0.25, 0.3) is 6.08 Å². The number of likely N-dealkylation sites (tertiary alicyclic amines) is 1. The predicted molar refractivity (Wildman–Crippen MR) is 130 cm³/mol. The van der Waals surface area contributed by atoms with Crippen molar-refractivity contribution in [1.82, 2.24) is 9.80 Å². The van der Waals surface area contributed by atoms with Crippen LogP contribution in [0, 0.1) is 5.92 Å². The van der Waals surface area contributed by atoms with E-state index in [1.54, 1.807) is 26.4 Å². The van der Waals surface area contributed by atoms with Gasteiger partial charge in [0.15, 0.2) is 0 Å². The predicted octanol–water partition coefficient (Wildman–Crippen LogP) is 5.13. The summed E-state index contributed by atoms with van der Waals surface area (Å²) in [4.78, 5) is 17.5. The third-order valence-corrected chi connectivity index (χ3v) is 6.26. The van der Waals surface area contributed by atoms with Crippen LogP contribution in [0.4, 0.5) is 0 Å². The fourth-order valence-corrected chi connectivity index (χ4v) is 3.99. The molecule has 0 N–H and O–H groups in total. The summed E-state index contributed by atoms with van der Waals surface area (Å²) < 4.78 is 10.7. The second-order valence-electron chi connectivity index (χ2n) is 8.35. The number of carbonyl (C=O) groups is 1. The molecule has 2 aromatic rings.